The molecular weight excluding hydrogens is 697 g/mol. The van der Waals surface area contributed by atoms with Crippen molar-refractivity contribution in [2.24, 2.45) is 0 Å². The second kappa shape index (κ2) is 18.7. The molecule has 6 atom stereocenters. The zero-order valence-corrected chi connectivity index (χ0v) is 29.7. The summed E-state index contributed by atoms with van der Waals surface area (Å²) in [6, 6.07) is 7.50. The number of carbonyl (C=O) groups is 6. The molecule has 2 aromatic carbocycles. The first-order valence-electron chi connectivity index (χ1n) is 17.8. The number of amides is 6. The van der Waals surface area contributed by atoms with E-state index in [2.05, 4.69) is 26.6 Å². The summed E-state index contributed by atoms with van der Waals surface area (Å²) in [5.41, 5.74) is -0.540. The Morgan fingerprint density at radius 3 is 2.23 bits per heavy atom. The molecule has 0 saturated carbocycles. The third-order valence-corrected chi connectivity index (χ3v) is 9.38. The number of fused-ring (bicyclic) bond motifs is 1. The minimum absolute atomic E-state index is 0.0142. The molecule has 0 unspecified atom stereocenters. The van der Waals surface area contributed by atoms with Crippen LogP contribution in [0.25, 0.3) is 0 Å². The lowest BCUT2D eigenvalue weighted by molar-refractivity contribution is -0.142. The van der Waals surface area contributed by atoms with E-state index in [0.717, 1.165) is 11.6 Å². The largest absolute Gasteiger partial charge is 0.416 e. The third-order valence-electron chi connectivity index (χ3n) is 9.38. The predicted molar refractivity (Wildman–Crippen MR) is 187 cm³/mol. The number of rotatable bonds is 7. The van der Waals surface area contributed by atoms with Gasteiger partial charge in [-0.15, -0.1) is 0 Å². The number of aliphatic hydroxyl groups excluding tert-OH is 1. The molecule has 2 saturated heterocycles. The maximum absolute atomic E-state index is 14.0. The Bertz CT molecular complexity index is 1620. The lowest BCUT2D eigenvalue weighted by atomic mass is 10.0. The van der Waals surface area contributed by atoms with Crippen LogP contribution in [-0.2, 0) is 47.8 Å². The van der Waals surface area contributed by atoms with Crippen molar-refractivity contribution in [3.05, 3.63) is 71.3 Å². The van der Waals surface area contributed by atoms with E-state index in [1.54, 1.807) is 37.3 Å². The molecule has 6 amide bonds. The van der Waals surface area contributed by atoms with Crippen molar-refractivity contribution in [1.29, 1.82) is 0 Å². The Morgan fingerprint density at radius 1 is 0.868 bits per heavy atom. The number of nitrogens with one attached hydrogen (secondary N) is 5. The van der Waals surface area contributed by atoms with Gasteiger partial charge in [-0.1, -0.05) is 55.5 Å². The Morgan fingerprint density at radius 2 is 1.55 bits per heavy atom. The number of benzene rings is 2. The van der Waals surface area contributed by atoms with Crippen LogP contribution in [0.15, 0.2) is 54.6 Å². The van der Waals surface area contributed by atoms with Crippen LogP contribution in [0.1, 0.15) is 69.1 Å². The molecule has 2 fully saturated rings. The van der Waals surface area contributed by atoms with Gasteiger partial charge in [0.1, 0.15) is 30.2 Å². The van der Waals surface area contributed by atoms with Gasteiger partial charge in [0.05, 0.1) is 18.1 Å². The summed E-state index contributed by atoms with van der Waals surface area (Å²) in [7, 11) is 0. The average Bonchev–Trinajstić information content (AvgIpc) is 3.61. The van der Waals surface area contributed by atoms with Crippen molar-refractivity contribution in [3.63, 3.8) is 0 Å². The summed E-state index contributed by atoms with van der Waals surface area (Å²) in [6.07, 6.45) is -5.12. The van der Waals surface area contributed by atoms with Crippen molar-refractivity contribution in [3.8, 4) is 0 Å². The minimum Gasteiger partial charge on any atom is -0.391 e. The van der Waals surface area contributed by atoms with Gasteiger partial charge in [-0.25, -0.2) is 0 Å². The number of hydrogen-bond donors (Lipinski definition) is 6. The Hall–Kier alpha value is -4.99. The van der Waals surface area contributed by atoms with Gasteiger partial charge in [-0.05, 0) is 62.6 Å². The Kier molecular flexibility index (Phi) is 14.4. The molecule has 0 radical (unpaired) electrons. The fourth-order valence-corrected chi connectivity index (χ4v) is 6.54. The second-order valence-electron chi connectivity index (χ2n) is 13.4. The van der Waals surface area contributed by atoms with Crippen molar-refractivity contribution in [1.82, 2.24) is 31.5 Å². The standard InChI is InChI=1S/C37H47F3N6O7/c1-3-26-32(49)45-31(22(2)47)35(52)44-28(20-23-12-5-4-6-13-23)36(53)46-19-11-17-29(46)34(51)41-18-10-9-16-27(33(50)43-26)42-30(48)21-24-14-7-8-15-25(24)37(38,39)40/h4-8,12-15,22,26-29,31,47H,3,9-11,16-21H2,1-2H3,(H,41,51)(H,42,48)(H,43,50)(H,44,52)(H,45,49)/t22-,26+,27+,28-,29+,31+/m1/s1. The molecule has 4 rings (SSSR count). The maximum Gasteiger partial charge on any atom is 0.416 e. The summed E-state index contributed by atoms with van der Waals surface area (Å²) in [5, 5.41) is 23.6. The molecule has 0 bridgehead atoms. The lowest BCUT2D eigenvalue weighted by Gasteiger charge is -2.30. The highest BCUT2D eigenvalue weighted by Crippen LogP contribution is 2.32. The predicted octanol–water partition coefficient (Wildman–Crippen LogP) is 1.51. The number of nitrogens with zero attached hydrogens (tertiary/aromatic N) is 1. The molecule has 2 aromatic rings. The molecule has 6 N–H and O–H groups in total. The normalized spacial score (nSPS) is 24.7. The quantitative estimate of drug-likeness (QED) is 0.248. The molecule has 0 spiro atoms. The first-order chi connectivity index (χ1) is 25.2. The number of alkyl halides is 3. The van der Waals surface area contributed by atoms with Crippen molar-refractivity contribution < 1.29 is 47.0 Å². The van der Waals surface area contributed by atoms with Gasteiger partial charge < -0.3 is 36.6 Å². The minimum atomic E-state index is -4.70. The Balaban J connectivity index is 1.59. The van der Waals surface area contributed by atoms with Crippen LogP contribution in [-0.4, -0.2) is 94.9 Å². The van der Waals surface area contributed by atoms with Crippen LogP contribution in [0.5, 0.6) is 0 Å². The SMILES string of the molecule is CC[C@@H]1NC(=O)[C@@H](NC(=O)Cc2ccccc2C(F)(F)F)CCCCNC(=O)[C@@H]2CCCN2C(=O)[C@@H](Cc2ccccc2)NC(=O)[C@H]([C@@H](C)O)NC1=O. The molecular formula is C37H47F3N6O7. The molecule has 0 aromatic heterocycles. The summed E-state index contributed by atoms with van der Waals surface area (Å²) >= 11 is 0. The first kappa shape index (κ1) is 40.8. The van der Waals surface area contributed by atoms with Gasteiger partial charge in [0.15, 0.2) is 0 Å². The van der Waals surface area contributed by atoms with E-state index in [1.165, 1.54) is 30.0 Å². The van der Waals surface area contributed by atoms with Gasteiger partial charge in [0, 0.05) is 19.5 Å². The van der Waals surface area contributed by atoms with Crippen molar-refractivity contribution in [2.75, 3.05) is 13.1 Å². The lowest BCUT2D eigenvalue weighted by Crippen LogP contribution is -2.61. The summed E-state index contributed by atoms with van der Waals surface area (Å²) < 4.78 is 40.8. The molecule has 2 aliphatic rings. The number of hydrogen-bond acceptors (Lipinski definition) is 7. The van der Waals surface area contributed by atoms with E-state index >= 15 is 0 Å². The summed E-state index contributed by atoms with van der Waals surface area (Å²) in [5.74, 6) is -4.24. The van der Waals surface area contributed by atoms with Gasteiger partial charge in [0.2, 0.25) is 35.4 Å². The van der Waals surface area contributed by atoms with Crippen LogP contribution in [0.4, 0.5) is 13.2 Å². The first-order valence-corrected chi connectivity index (χ1v) is 17.8. The zero-order chi connectivity index (χ0) is 38.7. The van der Waals surface area contributed by atoms with Crippen LogP contribution in [0.2, 0.25) is 0 Å². The number of aliphatic hydroxyl groups is 1. The van der Waals surface area contributed by atoms with E-state index in [4.69, 9.17) is 0 Å². The van der Waals surface area contributed by atoms with E-state index in [0.29, 0.717) is 19.3 Å². The highest BCUT2D eigenvalue weighted by Gasteiger charge is 2.40. The number of carbonyl (C=O) groups excluding carboxylic acids is 6. The smallest absolute Gasteiger partial charge is 0.391 e. The summed E-state index contributed by atoms with van der Waals surface area (Å²) in [6.45, 7) is 3.30. The monoisotopic (exact) mass is 744 g/mol. The highest BCUT2D eigenvalue weighted by atomic mass is 19.4. The molecule has 2 aliphatic heterocycles. The molecule has 16 heteroatoms. The van der Waals surface area contributed by atoms with Gasteiger partial charge in [-0.2, -0.15) is 13.2 Å². The third kappa shape index (κ3) is 11.2. The molecule has 13 nitrogen and oxygen atoms in total. The molecule has 2 heterocycles. The van der Waals surface area contributed by atoms with Crippen LogP contribution < -0.4 is 26.6 Å². The van der Waals surface area contributed by atoms with Crippen LogP contribution >= 0.6 is 0 Å². The fourth-order valence-electron chi connectivity index (χ4n) is 6.54. The van der Waals surface area contributed by atoms with Gasteiger partial charge in [0.25, 0.3) is 0 Å². The fraction of sp³-hybridized carbons (Fsp3) is 0.514. The zero-order valence-electron chi connectivity index (χ0n) is 29.7. The van der Waals surface area contributed by atoms with E-state index in [-0.39, 0.29) is 44.3 Å². The average molecular weight is 745 g/mol. The van der Waals surface area contributed by atoms with E-state index in [1.807, 2.05) is 0 Å². The molecule has 288 valence electrons. The van der Waals surface area contributed by atoms with Crippen LogP contribution in [0, 0.1) is 0 Å². The van der Waals surface area contributed by atoms with E-state index in [9.17, 15) is 47.0 Å². The van der Waals surface area contributed by atoms with Crippen molar-refractivity contribution >= 4 is 35.4 Å². The van der Waals surface area contributed by atoms with Crippen molar-refractivity contribution in [2.45, 2.75) is 108 Å². The maximum atomic E-state index is 14.0. The molecule has 0 aliphatic carbocycles. The van der Waals surface area contributed by atoms with Crippen LogP contribution in [0.3, 0.4) is 0 Å². The van der Waals surface area contributed by atoms with Gasteiger partial charge in [-0.3, -0.25) is 28.8 Å². The topological polar surface area (TPSA) is 186 Å². The Labute approximate surface area is 305 Å². The highest BCUT2D eigenvalue weighted by molar-refractivity contribution is 5.97. The second-order valence-corrected chi connectivity index (χ2v) is 13.4. The van der Waals surface area contributed by atoms with E-state index < -0.39 is 89.9 Å². The van der Waals surface area contributed by atoms with Gasteiger partial charge >= 0.3 is 6.18 Å². The molecule has 53 heavy (non-hydrogen) atoms. The summed E-state index contributed by atoms with van der Waals surface area (Å²) in [4.78, 5) is 82.5. The number of halogens is 3.